The van der Waals surface area contributed by atoms with Crippen molar-refractivity contribution >= 4 is 11.6 Å². The monoisotopic (exact) mass is 306 g/mol. The van der Waals surface area contributed by atoms with E-state index < -0.39 is 5.60 Å². The number of halogens is 1. The van der Waals surface area contributed by atoms with Crippen molar-refractivity contribution in [2.45, 2.75) is 53.2 Å². The van der Waals surface area contributed by atoms with Crippen molar-refractivity contribution in [3.63, 3.8) is 0 Å². The zero-order valence-corrected chi connectivity index (χ0v) is 14.1. The third-order valence-corrected chi connectivity index (χ3v) is 4.30. The Hall–Kier alpha value is -1.32. The van der Waals surface area contributed by atoms with Crippen molar-refractivity contribution in [2.75, 3.05) is 0 Å². The minimum atomic E-state index is -0.972. The van der Waals surface area contributed by atoms with Crippen molar-refractivity contribution in [3.05, 3.63) is 51.3 Å². The quantitative estimate of drug-likeness (QED) is 0.929. The van der Waals surface area contributed by atoms with Gasteiger partial charge in [0.1, 0.15) is 0 Å². The Morgan fingerprint density at radius 3 is 2.29 bits per heavy atom. The van der Waals surface area contributed by atoms with Gasteiger partial charge in [0.15, 0.2) is 0 Å². The molecule has 0 spiro atoms. The molecule has 0 radical (unpaired) electrons. The molecule has 1 aromatic carbocycles. The van der Waals surface area contributed by atoms with Crippen LogP contribution in [0.5, 0.6) is 0 Å². The minimum Gasteiger partial charge on any atom is -0.385 e. The normalized spacial score (nSPS) is 14.2. The van der Waals surface area contributed by atoms with Crippen molar-refractivity contribution in [1.29, 1.82) is 0 Å². The van der Waals surface area contributed by atoms with Crippen LogP contribution in [0.4, 0.5) is 0 Å². The molecule has 0 aliphatic heterocycles. The Balaban J connectivity index is 2.41. The Morgan fingerprint density at radius 2 is 1.76 bits per heavy atom. The van der Waals surface area contributed by atoms with Crippen molar-refractivity contribution in [3.8, 4) is 0 Å². The molecule has 0 aliphatic rings. The summed E-state index contributed by atoms with van der Waals surface area (Å²) < 4.78 is 1.87. The molecule has 1 aromatic heterocycles. The van der Waals surface area contributed by atoms with E-state index in [1.54, 1.807) is 0 Å². The number of aryl methyl sites for hydroxylation is 4. The Bertz CT molecular complexity index is 639. The zero-order valence-electron chi connectivity index (χ0n) is 13.4. The Morgan fingerprint density at radius 1 is 1.19 bits per heavy atom. The first-order valence-corrected chi connectivity index (χ1v) is 7.65. The van der Waals surface area contributed by atoms with Crippen LogP contribution in [0, 0.1) is 20.8 Å². The predicted octanol–water partition coefficient (Wildman–Crippen LogP) is 3.93. The molecule has 3 nitrogen and oxygen atoms in total. The van der Waals surface area contributed by atoms with E-state index in [1.807, 2.05) is 51.4 Å². The molecular weight excluding hydrogens is 284 g/mol. The molecule has 1 unspecified atom stereocenters. The molecule has 4 heteroatoms. The molecule has 21 heavy (non-hydrogen) atoms. The summed E-state index contributed by atoms with van der Waals surface area (Å²) in [6.45, 7) is 10.6. The number of aromatic nitrogens is 2. The maximum atomic E-state index is 10.9. The summed E-state index contributed by atoms with van der Waals surface area (Å²) in [6, 6.07) is 6.16. The third kappa shape index (κ3) is 3.30. The number of nitrogens with zero attached hydrogens (tertiary/aromatic N) is 2. The van der Waals surface area contributed by atoms with Crippen LogP contribution in [0.2, 0.25) is 5.02 Å². The molecule has 0 aliphatic carbocycles. The van der Waals surface area contributed by atoms with Crippen LogP contribution < -0.4 is 0 Å². The molecule has 0 fully saturated rings. The summed E-state index contributed by atoms with van der Waals surface area (Å²) in [5.74, 6) is 0. The van der Waals surface area contributed by atoms with Gasteiger partial charge in [0.25, 0.3) is 0 Å². The molecule has 0 bridgehead atoms. The number of hydrogen-bond donors (Lipinski definition) is 1. The average molecular weight is 307 g/mol. The summed E-state index contributed by atoms with van der Waals surface area (Å²) in [5.41, 5.74) is 3.94. The number of benzene rings is 1. The molecule has 1 atom stereocenters. The SMILES string of the molecule is CCn1nc(C)c(Cl)c1CC(C)(O)c1cc(C)cc(C)c1. The van der Waals surface area contributed by atoms with E-state index >= 15 is 0 Å². The van der Waals surface area contributed by atoms with Crippen molar-refractivity contribution in [1.82, 2.24) is 9.78 Å². The highest BCUT2D eigenvalue weighted by atomic mass is 35.5. The van der Waals surface area contributed by atoms with Crippen LogP contribution in [0.25, 0.3) is 0 Å². The maximum Gasteiger partial charge on any atom is 0.0924 e. The molecule has 1 N–H and O–H groups in total. The van der Waals surface area contributed by atoms with Crippen molar-refractivity contribution < 1.29 is 5.11 Å². The van der Waals surface area contributed by atoms with Gasteiger partial charge >= 0.3 is 0 Å². The van der Waals surface area contributed by atoms with Crippen LogP contribution in [-0.2, 0) is 18.6 Å². The Kier molecular flexibility index (Phi) is 4.45. The van der Waals surface area contributed by atoms with E-state index in [4.69, 9.17) is 11.6 Å². The molecular formula is C17H23ClN2O. The first-order chi connectivity index (χ1) is 9.74. The lowest BCUT2D eigenvalue weighted by Gasteiger charge is -2.25. The molecule has 0 saturated heterocycles. The highest BCUT2D eigenvalue weighted by Gasteiger charge is 2.28. The van der Waals surface area contributed by atoms with Gasteiger partial charge in [-0.25, -0.2) is 0 Å². The van der Waals surface area contributed by atoms with Gasteiger partial charge in [-0.3, -0.25) is 4.68 Å². The second kappa shape index (κ2) is 5.82. The number of hydrogen-bond acceptors (Lipinski definition) is 2. The summed E-state index contributed by atoms with van der Waals surface area (Å²) in [7, 11) is 0. The minimum absolute atomic E-state index is 0.448. The van der Waals surface area contributed by atoms with Crippen molar-refractivity contribution in [2.24, 2.45) is 0 Å². The van der Waals surface area contributed by atoms with Gasteiger partial charge < -0.3 is 5.11 Å². The summed E-state index contributed by atoms with van der Waals surface area (Å²) >= 11 is 6.35. The zero-order chi connectivity index (χ0) is 15.8. The van der Waals surface area contributed by atoms with Gasteiger partial charge in [-0.2, -0.15) is 5.10 Å². The van der Waals surface area contributed by atoms with Crippen LogP contribution in [0.3, 0.4) is 0 Å². The fraction of sp³-hybridized carbons (Fsp3) is 0.471. The largest absolute Gasteiger partial charge is 0.385 e. The first kappa shape index (κ1) is 16.1. The van der Waals surface area contributed by atoms with Gasteiger partial charge in [-0.1, -0.05) is 40.9 Å². The van der Waals surface area contributed by atoms with Crippen LogP contribution >= 0.6 is 11.6 Å². The summed E-state index contributed by atoms with van der Waals surface area (Å²) in [5, 5.41) is 16.0. The van der Waals surface area contributed by atoms with Gasteiger partial charge in [-0.05, 0) is 40.2 Å². The lowest BCUT2D eigenvalue weighted by atomic mass is 9.89. The van der Waals surface area contributed by atoms with Gasteiger partial charge in [0.2, 0.25) is 0 Å². The molecule has 114 valence electrons. The molecule has 1 heterocycles. The van der Waals surface area contributed by atoms with E-state index in [1.165, 1.54) is 0 Å². The smallest absolute Gasteiger partial charge is 0.0924 e. The lowest BCUT2D eigenvalue weighted by molar-refractivity contribution is 0.0553. The number of aliphatic hydroxyl groups is 1. The van der Waals surface area contributed by atoms with Gasteiger partial charge in [-0.15, -0.1) is 0 Å². The van der Waals surface area contributed by atoms with E-state index in [9.17, 15) is 5.11 Å². The molecule has 0 amide bonds. The average Bonchev–Trinajstić information content (AvgIpc) is 2.65. The second-order valence-electron chi connectivity index (χ2n) is 5.99. The Labute approximate surface area is 131 Å². The van der Waals surface area contributed by atoms with E-state index in [-0.39, 0.29) is 0 Å². The molecule has 0 saturated carbocycles. The van der Waals surface area contributed by atoms with Crippen LogP contribution in [0.15, 0.2) is 18.2 Å². The summed E-state index contributed by atoms with van der Waals surface area (Å²) in [4.78, 5) is 0. The van der Waals surface area contributed by atoms with E-state index in [0.717, 1.165) is 34.6 Å². The van der Waals surface area contributed by atoms with E-state index in [2.05, 4.69) is 11.2 Å². The third-order valence-electron chi connectivity index (χ3n) is 3.81. The highest BCUT2D eigenvalue weighted by molar-refractivity contribution is 6.31. The predicted molar refractivity (Wildman–Crippen MR) is 86.8 cm³/mol. The number of rotatable bonds is 4. The van der Waals surface area contributed by atoms with Gasteiger partial charge in [0, 0.05) is 13.0 Å². The van der Waals surface area contributed by atoms with Gasteiger partial charge in [0.05, 0.1) is 22.0 Å². The van der Waals surface area contributed by atoms with Crippen LogP contribution in [0.1, 0.15) is 41.9 Å². The lowest BCUT2D eigenvalue weighted by Crippen LogP contribution is -2.26. The fourth-order valence-corrected chi connectivity index (χ4v) is 2.95. The van der Waals surface area contributed by atoms with Crippen LogP contribution in [-0.4, -0.2) is 14.9 Å². The first-order valence-electron chi connectivity index (χ1n) is 7.27. The van der Waals surface area contributed by atoms with E-state index in [0.29, 0.717) is 11.4 Å². The standard InChI is InChI=1S/C17H23ClN2O/c1-6-20-15(16(18)13(4)19-20)10-17(5,21)14-8-11(2)7-12(3)9-14/h7-9,21H,6,10H2,1-5H3. The molecule has 2 aromatic rings. The summed E-state index contributed by atoms with van der Waals surface area (Å²) in [6.07, 6.45) is 0.448. The molecule has 2 rings (SSSR count). The maximum absolute atomic E-state index is 10.9. The highest BCUT2D eigenvalue weighted by Crippen LogP contribution is 2.31. The second-order valence-corrected chi connectivity index (χ2v) is 6.37. The topological polar surface area (TPSA) is 38.0 Å². The fourth-order valence-electron chi connectivity index (χ4n) is 2.75.